The van der Waals surface area contributed by atoms with E-state index in [9.17, 15) is 9.18 Å². The minimum Gasteiger partial charge on any atom is -0.322 e. The number of halogens is 1. The van der Waals surface area contributed by atoms with Crippen LogP contribution in [0.3, 0.4) is 0 Å². The predicted molar refractivity (Wildman–Crippen MR) is 64.2 cm³/mol. The zero-order chi connectivity index (χ0) is 12.5. The van der Waals surface area contributed by atoms with E-state index in [1.54, 1.807) is 6.20 Å². The second-order valence-electron chi connectivity index (χ2n) is 4.37. The van der Waals surface area contributed by atoms with Gasteiger partial charge in [0.15, 0.2) is 0 Å². The lowest BCUT2D eigenvalue weighted by Crippen LogP contribution is -2.24. The van der Waals surface area contributed by atoms with Crippen molar-refractivity contribution >= 4 is 11.6 Å². The first-order valence-electron chi connectivity index (χ1n) is 5.78. The molecule has 0 saturated heterocycles. The number of carbonyl (C=O) groups is 1. The first-order chi connectivity index (χ1) is 8.72. The molecule has 18 heavy (non-hydrogen) atoms. The molecule has 1 aliphatic carbocycles. The van der Waals surface area contributed by atoms with Crippen LogP contribution >= 0.6 is 0 Å². The van der Waals surface area contributed by atoms with Crippen LogP contribution in [0.4, 0.5) is 4.39 Å². The minimum atomic E-state index is -0.477. The average molecular weight is 244 g/mol. The SMILES string of the molecule is O=C(NC1=CN=C(C2CC2)[CH]1)c1cc(F)ccn1. The van der Waals surface area contributed by atoms with Crippen LogP contribution in [0.1, 0.15) is 23.3 Å². The Balaban J connectivity index is 1.62. The summed E-state index contributed by atoms with van der Waals surface area (Å²) in [4.78, 5) is 19.8. The standard InChI is InChI=1S/C13H11FN3O/c14-9-3-4-15-12(5-9)13(18)17-10-6-11(16-7-10)8-1-2-8/h3-8H,1-2H2,(H,17,18). The fraction of sp³-hybridized carbons (Fsp3) is 0.231. The molecule has 1 saturated carbocycles. The molecule has 0 bridgehead atoms. The Bertz CT molecular complexity index is 561. The smallest absolute Gasteiger partial charge is 0.274 e. The van der Waals surface area contributed by atoms with E-state index in [0.29, 0.717) is 11.6 Å². The van der Waals surface area contributed by atoms with E-state index in [-0.39, 0.29) is 5.69 Å². The van der Waals surface area contributed by atoms with E-state index in [2.05, 4.69) is 15.3 Å². The third-order valence-electron chi connectivity index (χ3n) is 2.86. The highest BCUT2D eigenvalue weighted by Crippen LogP contribution is 2.34. The summed E-state index contributed by atoms with van der Waals surface area (Å²) in [5, 5.41) is 2.66. The van der Waals surface area contributed by atoms with Crippen LogP contribution in [0.25, 0.3) is 0 Å². The van der Waals surface area contributed by atoms with Crippen LogP contribution in [-0.4, -0.2) is 16.6 Å². The largest absolute Gasteiger partial charge is 0.322 e. The number of hydrogen-bond donors (Lipinski definition) is 1. The summed E-state index contributed by atoms with van der Waals surface area (Å²) in [6, 6.07) is 2.31. The van der Waals surface area contributed by atoms with Crippen molar-refractivity contribution in [2.24, 2.45) is 10.9 Å². The number of aliphatic imine (C=N–C) groups is 1. The molecule has 1 fully saturated rings. The van der Waals surface area contributed by atoms with Gasteiger partial charge in [-0.25, -0.2) is 4.39 Å². The summed E-state index contributed by atoms with van der Waals surface area (Å²) >= 11 is 0. The molecule has 2 aliphatic rings. The molecule has 1 radical (unpaired) electrons. The summed E-state index contributed by atoms with van der Waals surface area (Å²) in [5.74, 6) is -0.360. The number of pyridine rings is 1. The maximum absolute atomic E-state index is 13.0. The summed E-state index contributed by atoms with van der Waals surface area (Å²) in [6.45, 7) is 0. The van der Waals surface area contributed by atoms with Gasteiger partial charge in [0.05, 0.1) is 6.42 Å². The number of nitrogens with zero attached hydrogens (tertiary/aromatic N) is 2. The van der Waals surface area contributed by atoms with E-state index >= 15 is 0 Å². The van der Waals surface area contributed by atoms with Gasteiger partial charge in [-0.1, -0.05) is 0 Å². The van der Waals surface area contributed by atoms with Gasteiger partial charge in [-0.05, 0) is 24.8 Å². The van der Waals surface area contributed by atoms with Gasteiger partial charge in [-0.2, -0.15) is 0 Å². The van der Waals surface area contributed by atoms with Crippen LogP contribution in [-0.2, 0) is 0 Å². The number of allylic oxidation sites excluding steroid dienone is 1. The lowest BCUT2D eigenvalue weighted by atomic mass is 10.1. The molecule has 91 valence electrons. The zero-order valence-electron chi connectivity index (χ0n) is 9.56. The van der Waals surface area contributed by atoms with Crippen LogP contribution in [0.5, 0.6) is 0 Å². The van der Waals surface area contributed by atoms with Crippen molar-refractivity contribution in [2.75, 3.05) is 0 Å². The van der Waals surface area contributed by atoms with Crippen molar-refractivity contribution in [2.45, 2.75) is 12.8 Å². The van der Waals surface area contributed by atoms with E-state index in [1.165, 1.54) is 12.3 Å². The number of rotatable bonds is 3. The van der Waals surface area contributed by atoms with E-state index < -0.39 is 11.7 Å². The monoisotopic (exact) mass is 244 g/mol. The lowest BCUT2D eigenvalue weighted by Gasteiger charge is -2.05. The van der Waals surface area contributed by atoms with Gasteiger partial charge in [-0.3, -0.25) is 14.8 Å². The van der Waals surface area contributed by atoms with Gasteiger partial charge in [-0.15, -0.1) is 0 Å². The number of carbonyl (C=O) groups excluding carboxylic acids is 1. The number of aromatic nitrogens is 1. The van der Waals surface area contributed by atoms with Crippen molar-refractivity contribution in [3.8, 4) is 0 Å². The number of nitrogens with one attached hydrogen (secondary N) is 1. The van der Waals surface area contributed by atoms with Crippen LogP contribution in [0.2, 0.25) is 0 Å². The molecule has 0 aromatic carbocycles. The van der Waals surface area contributed by atoms with E-state index in [4.69, 9.17) is 0 Å². The fourth-order valence-electron chi connectivity index (χ4n) is 1.77. The first kappa shape index (κ1) is 11.1. The maximum Gasteiger partial charge on any atom is 0.274 e. The Labute approximate surface area is 104 Å². The third kappa shape index (κ3) is 2.30. The second-order valence-corrected chi connectivity index (χ2v) is 4.37. The number of amides is 1. The Morgan fingerprint density at radius 2 is 2.28 bits per heavy atom. The van der Waals surface area contributed by atoms with Gasteiger partial charge in [0.2, 0.25) is 0 Å². The minimum absolute atomic E-state index is 0.0594. The Morgan fingerprint density at radius 3 is 3.00 bits per heavy atom. The molecule has 0 unspecified atom stereocenters. The van der Waals surface area contributed by atoms with Gasteiger partial charge in [0.1, 0.15) is 11.5 Å². The van der Waals surface area contributed by atoms with E-state index in [1.807, 2.05) is 6.42 Å². The average Bonchev–Trinajstić information content (AvgIpc) is 3.11. The maximum atomic E-state index is 13.0. The molecular formula is C13H11FN3O. The Hall–Kier alpha value is -2.04. The molecule has 1 aromatic heterocycles. The van der Waals surface area contributed by atoms with Gasteiger partial charge >= 0.3 is 0 Å². The summed E-state index contributed by atoms with van der Waals surface area (Å²) in [6.07, 6.45) is 7.06. The Morgan fingerprint density at radius 1 is 1.44 bits per heavy atom. The fourth-order valence-corrected chi connectivity index (χ4v) is 1.77. The normalized spacial score (nSPS) is 18.3. The van der Waals surface area contributed by atoms with Crippen molar-refractivity contribution in [3.05, 3.63) is 48.2 Å². The highest BCUT2D eigenvalue weighted by Gasteiger charge is 2.30. The van der Waals surface area contributed by atoms with Crippen molar-refractivity contribution < 1.29 is 9.18 Å². The first-order valence-corrected chi connectivity index (χ1v) is 5.78. The summed E-state index contributed by atoms with van der Waals surface area (Å²) in [5.41, 5.74) is 1.70. The third-order valence-corrected chi connectivity index (χ3v) is 2.86. The molecule has 1 amide bonds. The van der Waals surface area contributed by atoms with Crippen molar-refractivity contribution in [3.63, 3.8) is 0 Å². The van der Waals surface area contributed by atoms with Crippen LogP contribution < -0.4 is 5.32 Å². The van der Waals surface area contributed by atoms with Crippen molar-refractivity contribution in [1.82, 2.24) is 10.3 Å². The molecule has 0 spiro atoms. The molecule has 1 aliphatic heterocycles. The van der Waals surface area contributed by atoms with Crippen molar-refractivity contribution in [1.29, 1.82) is 0 Å². The molecule has 1 aromatic rings. The molecule has 0 atom stereocenters. The lowest BCUT2D eigenvalue weighted by molar-refractivity contribution is 0.0961. The molecular weight excluding hydrogens is 233 g/mol. The highest BCUT2D eigenvalue weighted by molar-refractivity contribution is 6.03. The van der Waals surface area contributed by atoms with Gasteiger partial charge in [0.25, 0.3) is 5.91 Å². The highest BCUT2D eigenvalue weighted by atomic mass is 19.1. The quantitative estimate of drug-likeness (QED) is 0.882. The molecule has 4 nitrogen and oxygen atoms in total. The van der Waals surface area contributed by atoms with Gasteiger partial charge in [0, 0.05) is 29.9 Å². The van der Waals surface area contributed by atoms with Gasteiger partial charge < -0.3 is 5.32 Å². The van der Waals surface area contributed by atoms with E-state index in [0.717, 1.165) is 24.6 Å². The molecule has 2 heterocycles. The topological polar surface area (TPSA) is 54.4 Å². The zero-order valence-corrected chi connectivity index (χ0v) is 9.56. The second kappa shape index (κ2) is 4.33. The molecule has 5 heteroatoms. The predicted octanol–water partition coefficient (Wildman–Crippen LogP) is 1.86. The molecule has 1 N–H and O–H groups in total. The summed E-state index contributed by atoms with van der Waals surface area (Å²) in [7, 11) is 0. The number of hydrogen-bond acceptors (Lipinski definition) is 3. The van der Waals surface area contributed by atoms with Crippen LogP contribution in [0, 0.1) is 18.2 Å². The molecule has 3 rings (SSSR count). The Kier molecular flexibility index (Phi) is 2.66. The van der Waals surface area contributed by atoms with Crippen LogP contribution in [0.15, 0.2) is 35.2 Å². The summed E-state index contributed by atoms with van der Waals surface area (Å²) < 4.78 is 13.0.